The molecule has 2 atom stereocenters. The predicted molar refractivity (Wildman–Crippen MR) is 88.8 cm³/mol. The molecule has 0 aromatic heterocycles. The van der Waals surface area contributed by atoms with Crippen molar-refractivity contribution < 1.29 is 4.74 Å². The molecule has 1 nitrogen and oxygen atoms in total. The first-order chi connectivity index (χ1) is 9.37. The van der Waals surface area contributed by atoms with Gasteiger partial charge >= 0.3 is 0 Å². The van der Waals surface area contributed by atoms with Crippen LogP contribution < -0.4 is 0 Å². The van der Waals surface area contributed by atoms with Gasteiger partial charge < -0.3 is 4.74 Å². The zero-order valence-electron chi connectivity index (χ0n) is 14.7. The van der Waals surface area contributed by atoms with Crippen LogP contribution in [0.1, 0.15) is 77.6 Å². The third kappa shape index (κ3) is 2.01. The van der Waals surface area contributed by atoms with E-state index in [1.54, 1.807) is 0 Å². The minimum atomic E-state index is -0.261. The summed E-state index contributed by atoms with van der Waals surface area (Å²) in [5.74, 6) is 0. The molecule has 0 radical (unpaired) electrons. The lowest BCUT2D eigenvalue weighted by atomic mass is 9.71. The van der Waals surface area contributed by atoms with E-state index in [-0.39, 0.29) is 22.0 Å². The Morgan fingerprint density at radius 1 is 0.810 bits per heavy atom. The Morgan fingerprint density at radius 3 is 1.90 bits per heavy atom. The van der Waals surface area contributed by atoms with Crippen molar-refractivity contribution in [3.8, 4) is 0 Å². The van der Waals surface area contributed by atoms with Gasteiger partial charge in [-0.3, -0.25) is 0 Å². The number of benzene rings is 1. The summed E-state index contributed by atoms with van der Waals surface area (Å²) >= 11 is 0. The van der Waals surface area contributed by atoms with E-state index >= 15 is 0 Å². The van der Waals surface area contributed by atoms with Crippen LogP contribution in [0.3, 0.4) is 0 Å². The Bertz CT molecular complexity index is 639. The van der Waals surface area contributed by atoms with Gasteiger partial charge in [0.05, 0.1) is 0 Å². The molecule has 114 valence electrons. The highest BCUT2D eigenvalue weighted by molar-refractivity contribution is 5.58. The van der Waals surface area contributed by atoms with E-state index in [1.165, 1.54) is 22.3 Å². The summed E-state index contributed by atoms with van der Waals surface area (Å²) < 4.78 is 6.41. The van der Waals surface area contributed by atoms with Gasteiger partial charge in [0.25, 0.3) is 0 Å². The molecule has 1 heteroatoms. The fourth-order valence-corrected chi connectivity index (χ4v) is 3.70. The fraction of sp³-hybridized carbons (Fsp3) is 0.600. The van der Waals surface area contributed by atoms with Crippen LogP contribution in [0.5, 0.6) is 0 Å². The van der Waals surface area contributed by atoms with Crippen molar-refractivity contribution in [2.24, 2.45) is 0 Å². The average Bonchev–Trinajstić information content (AvgIpc) is 2.74. The first-order valence-electron chi connectivity index (χ1n) is 7.97. The number of fused-ring (bicyclic) bond motifs is 5. The number of hydrogen-bond donors (Lipinski definition) is 0. The third-order valence-electron chi connectivity index (χ3n) is 4.99. The van der Waals surface area contributed by atoms with E-state index in [1.807, 2.05) is 0 Å². The molecule has 2 aliphatic heterocycles. The van der Waals surface area contributed by atoms with Crippen molar-refractivity contribution in [2.75, 3.05) is 0 Å². The van der Waals surface area contributed by atoms with Crippen LogP contribution in [-0.2, 0) is 26.8 Å². The first-order valence-corrected chi connectivity index (χ1v) is 7.97. The molecule has 0 spiro atoms. The molecule has 21 heavy (non-hydrogen) atoms. The summed E-state index contributed by atoms with van der Waals surface area (Å²) in [6.07, 6.45) is 4.47. The van der Waals surface area contributed by atoms with Gasteiger partial charge in [0.1, 0.15) is 11.2 Å². The smallest absolute Gasteiger partial charge is 0.111 e. The molecule has 2 bridgehead atoms. The van der Waals surface area contributed by atoms with E-state index in [4.69, 9.17) is 4.74 Å². The van der Waals surface area contributed by atoms with Gasteiger partial charge in [-0.2, -0.15) is 0 Å². The second-order valence-electron chi connectivity index (χ2n) is 9.10. The van der Waals surface area contributed by atoms with Crippen LogP contribution in [0.4, 0.5) is 0 Å². The van der Waals surface area contributed by atoms with Gasteiger partial charge in [0, 0.05) is 0 Å². The van der Waals surface area contributed by atoms with Crippen LogP contribution in [0.2, 0.25) is 0 Å². The summed E-state index contributed by atoms with van der Waals surface area (Å²) in [7, 11) is 0. The standard InChI is InChI=1S/C20H28O/c1-17(2,3)13-11-14(18(4,5)6)16-15(12-13)19(7)9-10-20(16,8)21-19/h9-12H,1-8H3/t19-,20+/m1/s1. The quantitative estimate of drug-likeness (QED) is 0.586. The van der Waals surface area contributed by atoms with Gasteiger partial charge in [-0.15, -0.1) is 0 Å². The van der Waals surface area contributed by atoms with E-state index < -0.39 is 0 Å². The lowest BCUT2D eigenvalue weighted by Crippen LogP contribution is -2.25. The topological polar surface area (TPSA) is 9.23 Å². The Kier molecular flexibility index (Phi) is 2.69. The summed E-state index contributed by atoms with van der Waals surface area (Å²) in [5.41, 5.74) is 5.34. The Labute approximate surface area is 129 Å². The molecule has 0 amide bonds. The largest absolute Gasteiger partial charge is 0.351 e. The minimum absolute atomic E-state index is 0.117. The molecule has 1 aromatic rings. The second-order valence-corrected chi connectivity index (χ2v) is 9.10. The minimum Gasteiger partial charge on any atom is -0.351 e. The van der Waals surface area contributed by atoms with Crippen molar-refractivity contribution >= 4 is 0 Å². The van der Waals surface area contributed by atoms with Crippen molar-refractivity contribution in [1.29, 1.82) is 0 Å². The summed E-state index contributed by atoms with van der Waals surface area (Å²) in [4.78, 5) is 0. The van der Waals surface area contributed by atoms with Crippen molar-refractivity contribution in [3.05, 3.63) is 46.5 Å². The van der Waals surface area contributed by atoms with Gasteiger partial charge in [-0.25, -0.2) is 0 Å². The van der Waals surface area contributed by atoms with E-state index in [9.17, 15) is 0 Å². The maximum absolute atomic E-state index is 6.41. The Balaban J connectivity index is 2.36. The third-order valence-corrected chi connectivity index (χ3v) is 4.99. The molecular formula is C20H28O. The zero-order chi connectivity index (χ0) is 15.8. The number of ether oxygens (including phenoxy) is 1. The molecule has 0 saturated carbocycles. The second kappa shape index (κ2) is 3.81. The molecule has 2 aliphatic rings. The van der Waals surface area contributed by atoms with Gasteiger partial charge in [0.15, 0.2) is 0 Å². The monoisotopic (exact) mass is 284 g/mol. The molecule has 0 unspecified atom stereocenters. The Morgan fingerprint density at radius 2 is 1.38 bits per heavy atom. The van der Waals surface area contributed by atoms with Crippen molar-refractivity contribution in [1.82, 2.24) is 0 Å². The molecule has 0 saturated heterocycles. The van der Waals surface area contributed by atoms with Crippen LogP contribution >= 0.6 is 0 Å². The molecule has 0 aliphatic carbocycles. The van der Waals surface area contributed by atoms with Crippen LogP contribution in [0, 0.1) is 0 Å². The van der Waals surface area contributed by atoms with Crippen molar-refractivity contribution in [2.45, 2.75) is 77.4 Å². The summed E-state index contributed by atoms with van der Waals surface area (Å²) in [5, 5.41) is 0. The SMILES string of the molecule is CC(C)(C)c1cc(C(C)(C)C)c2c(c1)[C@@]1(C)C=C[C@]2(C)O1. The first kappa shape index (κ1) is 14.8. The molecule has 3 rings (SSSR count). The van der Waals surface area contributed by atoms with Crippen LogP contribution in [0.15, 0.2) is 24.3 Å². The number of hydrogen-bond acceptors (Lipinski definition) is 1. The van der Waals surface area contributed by atoms with Gasteiger partial charge in [-0.1, -0.05) is 53.7 Å². The number of rotatable bonds is 0. The predicted octanol–water partition coefficient (Wildman–Crippen LogP) is 5.31. The molecule has 2 heterocycles. The highest BCUT2D eigenvalue weighted by Crippen LogP contribution is 2.56. The highest BCUT2D eigenvalue weighted by atomic mass is 16.5. The zero-order valence-corrected chi connectivity index (χ0v) is 14.7. The molecule has 0 N–H and O–H groups in total. The van der Waals surface area contributed by atoms with Crippen molar-refractivity contribution in [3.63, 3.8) is 0 Å². The Hall–Kier alpha value is -1.08. The van der Waals surface area contributed by atoms with Crippen LogP contribution in [-0.4, -0.2) is 0 Å². The lowest BCUT2D eigenvalue weighted by molar-refractivity contribution is -0.0499. The molecule has 1 aromatic carbocycles. The normalized spacial score (nSPS) is 30.9. The molecular weight excluding hydrogens is 256 g/mol. The van der Waals surface area contributed by atoms with Crippen LogP contribution in [0.25, 0.3) is 0 Å². The van der Waals surface area contributed by atoms with E-state index in [0.717, 1.165) is 0 Å². The maximum Gasteiger partial charge on any atom is 0.111 e. The van der Waals surface area contributed by atoms with Gasteiger partial charge in [0.2, 0.25) is 0 Å². The fourth-order valence-electron chi connectivity index (χ4n) is 3.70. The summed E-state index contributed by atoms with van der Waals surface area (Å²) in [6.45, 7) is 18.2. The lowest BCUT2D eigenvalue weighted by Gasteiger charge is -2.32. The summed E-state index contributed by atoms with van der Waals surface area (Å²) in [6, 6.07) is 4.78. The van der Waals surface area contributed by atoms with Gasteiger partial charge in [-0.05, 0) is 59.1 Å². The molecule has 0 fully saturated rings. The highest BCUT2D eigenvalue weighted by Gasteiger charge is 2.52. The average molecular weight is 284 g/mol. The van der Waals surface area contributed by atoms with E-state index in [2.05, 4.69) is 79.7 Å². The van der Waals surface area contributed by atoms with E-state index in [0.29, 0.717) is 0 Å². The maximum atomic E-state index is 6.41.